The lowest BCUT2D eigenvalue weighted by Gasteiger charge is -2.06. The number of hydrogen-bond acceptors (Lipinski definition) is 3. The first-order chi connectivity index (χ1) is 9.06. The van der Waals surface area contributed by atoms with Gasteiger partial charge in [-0.2, -0.15) is 5.11 Å². The van der Waals surface area contributed by atoms with Gasteiger partial charge in [0.1, 0.15) is 11.4 Å². The Morgan fingerprint density at radius 3 is 2.32 bits per heavy atom. The van der Waals surface area contributed by atoms with E-state index in [9.17, 15) is 5.11 Å². The van der Waals surface area contributed by atoms with Crippen LogP contribution in [0.25, 0.3) is 0 Å². The zero-order valence-corrected chi connectivity index (χ0v) is 12.4. The predicted molar refractivity (Wildman–Crippen MR) is 80.5 cm³/mol. The minimum atomic E-state index is 0.144. The van der Waals surface area contributed by atoms with Crippen molar-refractivity contribution in [3.63, 3.8) is 0 Å². The molecule has 0 spiro atoms. The van der Waals surface area contributed by atoms with Gasteiger partial charge in [0, 0.05) is 4.47 Å². The molecule has 4 heteroatoms. The van der Waals surface area contributed by atoms with E-state index in [1.54, 1.807) is 6.07 Å². The fourth-order valence-electron chi connectivity index (χ4n) is 1.60. The SMILES string of the molecule is CC(C)c1ccc(O)c(N=Nc2ccc(Br)cc2)c1. The van der Waals surface area contributed by atoms with E-state index in [0.717, 1.165) is 15.7 Å². The van der Waals surface area contributed by atoms with Gasteiger partial charge in [0.25, 0.3) is 0 Å². The Morgan fingerprint density at radius 1 is 1.00 bits per heavy atom. The number of halogens is 1. The Balaban J connectivity index is 2.27. The molecule has 2 aromatic rings. The molecule has 0 amide bonds. The molecule has 0 radical (unpaired) electrons. The molecule has 0 unspecified atom stereocenters. The van der Waals surface area contributed by atoms with Crippen molar-refractivity contribution in [1.82, 2.24) is 0 Å². The van der Waals surface area contributed by atoms with Crippen molar-refractivity contribution in [2.75, 3.05) is 0 Å². The molecular weight excluding hydrogens is 304 g/mol. The van der Waals surface area contributed by atoms with E-state index >= 15 is 0 Å². The summed E-state index contributed by atoms with van der Waals surface area (Å²) in [6, 6.07) is 12.9. The molecule has 0 fully saturated rings. The largest absolute Gasteiger partial charge is 0.506 e. The third-order valence-corrected chi connectivity index (χ3v) is 3.29. The predicted octanol–water partition coefficient (Wildman–Crippen LogP) is 5.69. The number of aromatic hydroxyl groups is 1. The monoisotopic (exact) mass is 318 g/mol. The van der Waals surface area contributed by atoms with Crippen LogP contribution in [-0.2, 0) is 0 Å². The zero-order chi connectivity index (χ0) is 13.8. The van der Waals surface area contributed by atoms with Crippen LogP contribution in [0.3, 0.4) is 0 Å². The zero-order valence-electron chi connectivity index (χ0n) is 10.8. The maximum Gasteiger partial charge on any atom is 0.143 e. The summed E-state index contributed by atoms with van der Waals surface area (Å²) in [6.45, 7) is 4.20. The fourth-order valence-corrected chi connectivity index (χ4v) is 1.86. The number of phenols is 1. The van der Waals surface area contributed by atoms with E-state index in [2.05, 4.69) is 40.0 Å². The highest BCUT2D eigenvalue weighted by Gasteiger charge is 2.04. The van der Waals surface area contributed by atoms with Crippen LogP contribution in [0.5, 0.6) is 5.75 Å². The lowest BCUT2D eigenvalue weighted by molar-refractivity contribution is 0.476. The van der Waals surface area contributed by atoms with Crippen molar-refractivity contribution < 1.29 is 5.11 Å². The lowest BCUT2D eigenvalue weighted by Crippen LogP contribution is -1.85. The van der Waals surface area contributed by atoms with Crippen LogP contribution < -0.4 is 0 Å². The Morgan fingerprint density at radius 2 is 1.68 bits per heavy atom. The van der Waals surface area contributed by atoms with Gasteiger partial charge < -0.3 is 5.11 Å². The molecule has 2 aromatic carbocycles. The molecule has 0 saturated carbocycles. The van der Waals surface area contributed by atoms with Crippen LogP contribution in [0.4, 0.5) is 11.4 Å². The van der Waals surface area contributed by atoms with Gasteiger partial charge in [-0.3, -0.25) is 0 Å². The van der Waals surface area contributed by atoms with Crippen LogP contribution in [-0.4, -0.2) is 5.11 Å². The molecule has 0 saturated heterocycles. The van der Waals surface area contributed by atoms with E-state index in [-0.39, 0.29) is 5.75 Å². The van der Waals surface area contributed by atoms with Gasteiger partial charge in [-0.25, -0.2) is 0 Å². The number of benzene rings is 2. The molecule has 2 rings (SSSR count). The first-order valence-corrected chi connectivity index (χ1v) is 6.86. The van der Waals surface area contributed by atoms with E-state index < -0.39 is 0 Å². The first kappa shape index (κ1) is 13.7. The normalized spacial score (nSPS) is 11.4. The molecule has 0 bridgehead atoms. The van der Waals surface area contributed by atoms with Crippen LogP contribution >= 0.6 is 15.9 Å². The Kier molecular flexibility index (Phi) is 4.32. The van der Waals surface area contributed by atoms with E-state index in [4.69, 9.17) is 0 Å². The van der Waals surface area contributed by atoms with Gasteiger partial charge in [0.15, 0.2) is 0 Å². The second-order valence-corrected chi connectivity index (χ2v) is 5.49. The summed E-state index contributed by atoms with van der Waals surface area (Å²) >= 11 is 3.37. The molecule has 1 N–H and O–H groups in total. The Labute approximate surface area is 121 Å². The standard InChI is InChI=1S/C15H15BrN2O/c1-10(2)11-3-8-15(19)14(9-11)18-17-13-6-4-12(16)5-7-13/h3-10,19H,1-2H3. The highest BCUT2D eigenvalue weighted by molar-refractivity contribution is 9.10. The molecule has 0 aromatic heterocycles. The highest BCUT2D eigenvalue weighted by Crippen LogP contribution is 2.31. The second-order valence-electron chi connectivity index (χ2n) is 4.58. The van der Waals surface area contributed by atoms with Crippen molar-refractivity contribution in [1.29, 1.82) is 0 Å². The average molecular weight is 319 g/mol. The topological polar surface area (TPSA) is 45.0 Å². The average Bonchev–Trinajstić information content (AvgIpc) is 2.39. The summed E-state index contributed by atoms with van der Waals surface area (Å²) in [6.07, 6.45) is 0. The first-order valence-electron chi connectivity index (χ1n) is 6.06. The van der Waals surface area contributed by atoms with Crippen LogP contribution in [0.1, 0.15) is 25.3 Å². The van der Waals surface area contributed by atoms with Crippen molar-refractivity contribution in [3.8, 4) is 5.75 Å². The Hall–Kier alpha value is -1.68. The van der Waals surface area contributed by atoms with E-state index in [1.165, 1.54) is 0 Å². The van der Waals surface area contributed by atoms with Crippen molar-refractivity contribution >= 4 is 27.3 Å². The van der Waals surface area contributed by atoms with Crippen LogP contribution in [0.2, 0.25) is 0 Å². The number of rotatable bonds is 3. The van der Waals surface area contributed by atoms with Gasteiger partial charge in [-0.15, -0.1) is 5.11 Å². The van der Waals surface area contributed by atoms with Crippen molar-refractivity contribution in [3.05, 3.63) is 52.5 Å². The maximum atomic E-state index is 9.78. The summed E-state index contributed by atoms with van der Waals surface area (Å²) in [5, 5.41) is 18.0. The van der Waals surface area contributed by atoms with Gasteiger partial charge in [-0.1, -0.05) is 35.8 Å². The molecule has 3 nitrogen and oxygen atoms in total. The van der Waals surface area contributed by atoms with Crippen LogP contribution in [0, 0.1) is 0 Å². The number of azo groups is 1. The molecule has 0 atom stereocenters. The van der Waals surface area contributed by atoms with Gasteiger partial charge in [0.05, 0.1) is 5.69 Å². The summed E-state index contributed by atoms with van der Waals surface area (Å²) in [5.41, 5.74) is 2.37. The van der Waals surface area contributed by atoms with E-state index in [0.29, 0.717) is 11.6 Å². The van der Waals surface area contributed by atoms with Gasteiger partial charge in [-0.05, 0) is 47.9 Å². The third-order valence-electron chi connectivity index (χ3n) is 2.77. The molecule has 0 aliphatic heterocycles. The second kappa shape index (κ2) is 5.97. The number of nitrogens with zero attached hydrogens (tertiary/aromatic N) is 2. The fraction of sp³-hybridized carbons (Fsp3) is 0.200. The Bertz CT molecular complexity index is 592. The molecule has 0 heterocycles. The molecule has 19 heavy (non-hydrogen) atoms. The molecule has 0 aliphatic rings. The maximum absolute atomic E-state index is 9.78. The van der Waals surface area contributed by atoms with Crippen molar-refractivity contribution in [2.24, 2.45) is 10.2 Å². The minimum Gasteiger partial charge on any atom is -0.506 e. The summed E-state index contributed by atoms with van der Waals surface area (Å²) in [7, 11) is 0. The van der Waals surface area contributed by atoms with Gasteiger partial charge >= 0.3 is 0 Å². The smallest absolute Gasteiger partial charge is 0.143 e. The summed E-state index contributed by atoms with van der Waals surface area (Å²) in [4.78, 5) is 0. The molecule has 98 valence electrons. The third kappa shape index (κ3) is 3.64. The summed E-state index contributed by atoms with van der Waals surface area (Å²) in [5.74, 6) is 0.535. The van der Waals surface area contributed by atoms with Gasteiger partial charge in [0.2, 0.25) is 0 Å². The molecule has 0 aliphatic carbocycles. The van der Waals surface area contributed by atoms with Crippen molar-refractivity contribution in [2.45, 2.75) is 19.8 Å². The minimum absolute atomic E-state index is 0.144. The molecular formula is C15H15BrN2O. The lowest BCUT2D eigenvalue weighted by atomic mass is 10.0. The number of hydrogen-bond donors (Lipinski definition) is 1. The van der Waals surface area contributed by atoms with Crippen LogP contribution in [0.15, 0.2) is 57.2 Å². The number of phenolic OH excluding ortho intramolecular Hbond substituents is 1. The highest BCUT2D eigenvalue weighted by atomic mass is 79.9. The quantitative estimate of drug-likeness (QED) is 0.725. The summed E-state index contributed by atoms with van der Waals surface area (Å²) < 4.78 is 0.996. The van der Waals surface area contributed by atoms with E-state index in [1.807, 2.05) is 36.4 Å².